The van der Waals surface area contributed by atoms with Gasteiger partial charge in [-0.2, -0.15) is 0 Å². The zero-order valence-electron chi connectivity index (χ0n) is 17.4. The van der Waals surface area contributed by atoms with Gasteiger partial charge in [-0.1, -0.05) is 45.4 Å². The average Bonchev–Trinajstić information content (AvgIpc) is 2.87. The van der Waals surface area contributed by atoms with E-state index in [2.05, 4.69) is 27.7 Å². The van der Waals surface area contributed by atoms with E-state index in [-0.39, 0.29) is 28.3 Å². The third-order valence-electron chi connectivity index (χ3n) is 7.33. The van der Waals surface area contributed by atoms with Crippen LogP contribution in [0.5, 0.6) is 11.5 Å². The van der Waals surface area contributed by atoms with E-state index in [1.165, 1.54) is 0 Å². The molecule has 4 rings (SSSR count). The average molecular weight is 411 g/mol. The Morgan fingerprint density at radius 2 is 1.76 bits per heavy atom. The third kappa shape index (κ3) is 2.98. The Bertz CT molecular complexity index is 1000. The lowest BCUT2D eigenvalue weighted by atomic mass is 9.58. The summed E-state index contributed by atoms with van der Waals surface area (Å²) in [5, 5.41) is 12.0. The van der Waals surface area contributed by atoms with Crippen molar-refractivity contribution in [1.29, 1.82) is 0 Å². The summed E-state index contributed by atoms with van der Waals surface area (Å²) in [7, 11) is 0. The summed E-state index contributed by atoms with van der Waals surface area (Å²) in [6.07, 6.45) is 2.41. The monoisotopic (exact) mass is 410 g/mol. The van der Waals surface area contributed by atoms with Crippen molar-refractivity contribution in [2.45, 2.75) is 47.0 Å². The summed E-state index contributed by atoms with van der Waals surface area (Å²) >= 11 is 5.96. The maximum Gasteiger partial charge on any atom is 0.170 e. The molecular weight excluding hydrogens is 384 g/mol. The first-order valence-corrected chi connectivity index (χ1v) is 10.6. The highest BCUT2D eigenvalue weighted by Gasteiger charge is 2.61. The Balaban J connectivity index is 1.81. The Kier molecular flexibility index (Phi) is 4.77. The van der Waals surface area contributed by atoms with Crippen LogP contribution in [0.2, 0.25) is 5.02 Å². The molecule has 0 aromatic heterocycles. The highest BCUT2D eigenvalue weighted by molar-refractivity contribution is 6.30. The molecule has 1 unspecified atom stereocenters. The fraction of sp³-hybridized carbons (Fsp3) is 0.400. The molecule has 2 aromatic carbocycles. The molecule has 3 nitrogen and oxygen atoms in total. The smallest absolute Gasteiger partial charge is 0.170 e. The van der Waals surface area contributed by atoms with Crippen LogP contribution in [0.3, 0.4) is 0 Å². The van der Waals surface area contributed by atoms with Crippen LogP contribution in [0.15, 0.2) is 48.2 Å². The minimum Gasteiger partial charge on any atom is -0.511 e. The zero-order chi connectivity index (χ0) is 21.0. The van der Waals surface area contributed by atoms with Crippen LogP contribution in [0.1, 0.15) is 51.7 Å². The van der Waals surface area contributed by atoms with E-state index < -0.39 is 0 Å². The quantitative estimate of drug-likeness (QED) is 0.590. The van der Waals surface area contributed by atoms with E-state index in [4.69, 9.17) is 16.3 Å². The number of benzene rings is 2. The number of aliphatic hydroxyl groups excluding tert-OH is 1. The number of ether oxygens (including phenoxy) is 1. The Labute approximate surface area is 177 Å². The normalized spacial score (nSPS) is 25.4. The van der Waals surface area contributed by atoms with Gasteiger partial charge in [0.1, 0.15) is 17.3 Å². The summed E-state index contributed by atoms with van der Waals surface area (Å²) in [6, 6.07) is 12.9. The molecule has 0 spiro atoms. The van der Waals surface area contributed by atoms with Gasteiger partial charge in [0.2, 0.25) is 0 Å². The number of halogens is 1. The minimum absolute atomic E-state index is 0.0563. The summed E-state index contributed by atoms with van der Waals surface area (Å²) < 4.78 is 6.00. The number of hydrogen-bond donors (Lipinski definition) is 1. The number of rotatable bonds is 4. The maximum atomic E-state index is 13.5. The SMILES string of the molecule is CCc1ccc(Oc2ccc(Cl)cc2)cc1C1=C(O)C2(C)CC[C@@H](C1=O)C2(C)C. The molecule has 2 bridgehead atoms. The number of Topliss-reactive ketones (excluding diaryl/α,β-unsaturated/α-hetero) is 1. The molecule has 0 saturated heterocycles. The summed E-state index contributed by atoms with van der Waals surface area (Å²) in [5.41, 5.74) is 1.66. The maximum absolute atomic E-state index is 13.5. The van der Waals surface area contributed by atoms with E-state index in [0.29, 0.717) is 22.1 Å². The standard InChI is InChI=1S/C25H27ClO3/c1-5-15-6-9-18(29-17-10-7-16(26)8-11-17)14-19(15)21-22(27)20-12-13-25(4,23(21)28)24(20,2)3/h6-11,14,20,28H,5,12-13H2,1-4H3/t20-,25?/m0/s1. The second-order valence-corrected chi connectivity index (χ2v) is 9.40. The van der Waals surface area contributed by atoms with E-state index in [1.807, 2.05) is 30.3 Å². The molecule has 2 atom stereocenters. The van der Waals surface area contributed by atoms with Crippen LogP contribution in [0.25, 0.3) is 5.57 Å². The molecule has 0 heterocycles. The molecular formula is C25H27ClO3. The van der Waals surface area contributed by atoms with Crippen molar-refractivity contribution in [3.8, 4) is 11.5 Å². The molecule has 0 amide bonds. The number of allylic oxidation sites excluding steroid dienone is 2. The van der Waals surface area contributed by atoms with Crippen molar-refractivity contribution in [2.75, 3.05) is 0 Å². The van der Waals surface area contributed by atoms with Crippen molar-refractivity contribution < 1.29 is 14.6 Å². The van der Waals surface area contributed by atoms with E-state index in [9.17, 15) is 9.90 Å². The number of carbonyl (C=O) groups is 1. The van der Waals surface area contributed by atoms with Gasteiger partial charge in [0, 0.05) is 16.4 Å². The molecule has 0 aliphatic heterocycles. The number of ketones is 1. The van der Waals surface area contributed by atoms with Crippen molar-refractivity contribution in [3.63, 3.8) is 0 Å². The van der Waals surface area contributed by atoms with Crippen LogP contribution in [-0.2, 0) is 11.2 Å². The molecule has 4 heteroatoms. The predicted molar refractivity (Wildman–Crippen MR) is 117 cm³/mol. The minimum atomic E-state index is -0.390. The molecule has 0 radical (unpaired) electrons. The fourth-order valence-corrected chi connectivity index (χ4v) is 5.13. The van der Waals surface area contributed by atoms with Gasteiger partial charge in [0.15, 0.2) is 5.78 Å². The highest BCUT2D eigenvalue weighted by Crippen LogP contribution is 2.64. The lowest BCUT2D eigenvalue weighted by Crippen LogP contribution is -2.43. The number of fused-ring (bicyclic) bond motifs is 2. The van der Waals surface area contributed by atoms with E-state index in [1.54, 1.807) is 12.1 Å². The molecule has 1 fully saturated rings. The Hall–Kier alpha value is -2.26. The van der Waals surface area contributed by atoms with Gasteiger partial charge in [0.05, 0.1) is 5.57 Å². The van der Waals surface area contributed by atoms with Crippen molar-refractivity contribution >= 4 is 23.0 Å². The van der Waals surface area contributed by atoms with Gasteiger partial charge in [-0.05, 0) is 72.2 Å². The predicted octanol–water partition coefficient (Wildman–Crippen LogP) is 6.99. The van der Waals surface area contributed by atoms with Gasteiger partial charge in [-0.25, -0.2) is 0 Å². The van der Waals surface area contributed by atoms with Crippen molar-refractivity contribution in [2.24, 2.45) is 16.7 Å². The second kappa shape index (κ2) is 6.91. The molecule has 2 aromatic rings. The Morgan fingerprint density at radius 3 is 2.41 bits per heavy atom. The van der Waals surface area contributed by atoms with Crippen molar-refractivity contribution in [3.05, 3.63) is 64.4 Å². The highest BCUT2D eigenvalue weighted by atomic mass is 35.5. The topological polar surface area (TPSA) is 46.5 Å². The number of carbonyl (C=O) groups excluding carboxylic acids is 1. The van der Waals surface area contributed by atoms with Crippen LogP contribution in [-0.4, -0.2) is 10.9 Å². The zero-order valence-corrected chi connectivity index (χ0v) is 18.1. The van der Waals surface area contributed by atoms with Gasteiger partial charge in [0.25, 0.3) is 0 Å². The molecule has 2 aliphatic carbocycles. The van der Waals surface area contributed by atoms with Crippen molar-refractivity contribution in [1.82, 2.24) is 0 Å². The third-order valence-corrected chi connectivity index (χ3v) is 7.58. The molecule has 29 heavy (non-hydrogen) atoms. The lowest BCUT2D eigenvalue weighted by molar-refractivity contribution is -0.122. The fourth-order valence-electron chi connectivity index (χ4n) is 5.01. The second-order valence-electron chi connectivity index (χ2n) is 8.96. The Morgan fingerprint density at radius 1 is 1.10 bits per heavy atom. The molecule has 1 N–H and O–H groups in total. The van der Waals surface area contributed by atoms with Gasteiger partial charge >= 0.3 is 0 Å². The summed E-state index contributed by atoms with van der Waals surface area (Å²) in [5.74, 6) is 1.53. The van der Waals surface area contributed by atoms with Gasteiger partial charge in [-0.3, -0.25) is 4.79 Å². The lowest BCUT2D eigenvalue weighted by Gasteiger charge is -2.45. The first kappa shape index (κ1) is 20.0. The summed E-state index contributed by atoms with van der Waals surface area (Å²) in [6.45, 7) is 8.37. The van der Waals surface area contributed by atoms with Crippen LogP contribution in [0.4, 0.5) is 0 Å². The number of aliphatic hydroxyl groups is 1. The van der Waals surface area contributed by atoms with Crippen LogP contribution >= 0.6 is 11.6 Å². The first-order valence-electron chi connectivity index (χ1n) is 10.2. The molecule has 1 saturated carbocycles. The number of hydrogen-bond acceptors (Lipinski definition) is 3. The largest absolute Gasteiger partial charge is 0.511 e. The van der Waals surface area contributed by atoms with Crippen LogP contribution in [0, 0.1) is 16.7 Å². The first-order chi connectivity index (χ1) is 13.7. The summed E-state index contributed by atoms with van der Waals surface area (Å²) in [4.78, 5) is 13.5. The van der Waals surface area contributed by atoms with E-state index >= 15 is 0 Å². The molecule has 152 valence electrons. The molecule has 2 aliphatic rings. The van der Waals surface area contributed by atoms with Crippen LogP contribution < -0.4 is 4.74 Å². The van der Waals surface area contributed by atoms with E-state index in [0.717, 1.165) is 30.4 Å². The number of aryl methyl sites for hydroxylation is 1. The van der Waals surface area contributed by atoms with Gasteiger partial charge < -0.3 is 9.84 Å². The van der Waals surface area contributed by atoms with Gasteiger partial charge in [-0.15, -0.1) is 0 Å².